The fourth-order valence-electron chi connectivity index (χ4n) is 3.89. The van der Waals surface area contributed by atoms with Crippen LogP contribution < -0.4 is 14.8 Å². The lowest BCUT2D eigenvalue weighted by atomic mass is 9.83. The van der Waals surface area contributed by atoms with E-state index in [-0.39, 0.29) is 29.6 Å². The summed E-state index contributed by atoms with van der Waals surface area (Å²) < 4.78 is 13.0. The van der Waals surface area contributed by atoms with E-state index in [2.05, 4.69) is 61.9 Å². The van der Waals surface area contributed by atoms with Crippen LogP contribution in [0, 0.1) is 0 Å². The molecule has 0 spiro atoms. The van der Waals surface area contributed by atoms with Crippen molar-refractivity contribution < 1.29 is 14.3 Å². The number of halogens is 1. The molecular weight excluding hydrogens is 442 g/mol. The Kier molecular flexibility index (Phi) is 6.81. The molecule has 30 heavy (non-hydrogen) atoms. The highest BCUT2D eigenvalue weighted by atomic mass is 79.9. The van der Waals surface area contributed by atoms with E-state index < -0.39 is 0 Å². The second-order valence-corrected chi connectivity index (χ2v) is 9.89. The number of fused-ring (bicyclic) bond motifs is 1. The van der Waals surface area contributed by atoms with Crippen LogP contribution in [0.1, 0.15) is 71.0 Å². The van der Waals surface area contributed by atoms with Crippen molar-refractivity contribution in [2.24, 2.45) is 0 Å². The molecule has 5 heteroatoms. The monoisotopic (exact) mass is 473 g/mol. The highest BCUT2D eigenvalue weighted by molar-refractivity contribution is 9.10. The summed E-state index contributed by atoms with van der Waals surface area (Å²) in [5, 5.41) is 3.16. The summed E-state index contributed by atoms with van der Waals surface area (Å²) in [5.41, 5.74) is 2.04. The van der Waals surface area contributed by atoms with Gasteiger partial charge in [0.2, 0.25) is 0 Å². The Morgan fingerprint density at radius 3 is 2.53 bits per heavy atom. The largest absolute Gasteiger partial charge is 0.487 e. The molecule has 0 radical (unpaired) electrons. The zero-order valence-corrected chi connectivity index (χ0v) is 20.1. The molecule has 0 saturated heterocycles. The third kappa shape index (κ3) is 5.00. The third-order valence-electron chi connectivity index (χ3n) is 5.98. The van der Waals surface area contributed by atoms with Crippen LogP contribution in [0.25, 0.3) is 0 Å². The minimum atomic E-state index is -0.251. The van der Waals surface area contributed by atoms with Crippen LogP contribution in [0.2, 0.25) is 0 Å². The van der Waals surface area contributed by atoms with Crippen LogP contribution in [0.15, 0.2) is 46.9 Å². The van der Waals surface area contributed by atoms with Crippen LogP contribution in [-0.4, -0.2) is 18.1 Å². The fraction of sp³-hybridized carbons (Fsp3) is 0.480. The maximum absolute atomic E-state index is 12.7. The van der Waals surface area contributed by atoms with Gasteiger partial charge in [-0.25, -0.2) is 0 Å². The molecule has 0 bridgehead atoms. The molecule has 2 aromatic carbocycles. The second kappa shape index (κ2) is 9.01. The zero-order chi connectivity index (χ0) is 21.9. The van der Waals surface area contributed by atoms with Crippen LogP contribution in [0.5, 0.6) is 11.5 Å². The first-order valence-electron chi connectivity index (χ1n) is 10.7. The van der Waals surface area contributed by atoms with Crippen molar-refractivity contribution in [3.63, 3.8) is 0 Å². The van der Waals surface area contributed by atoms with Crippen LogP contribution in [0.4, 0.5) is 0 Å². The van der Waals surface area contributed by atoms with E-state index in [4.69, 9.17) is 9.47 Å². The summed E-state index contributed by atoms with van der Waals surface area (Å²) in [4.78, 5) is 12.7. The molecule has 4 nitrogen and oxygen atoms in total. The van der Waals surface area contributed by atoms with Gasteiger partial charge in [-0.15, -0.1) is 0 Å². The first-order chi connectivity index (χ1) is 14.2. The van der Waals surface area contributed by atoms with E-state index in [1.165, 1.54) is 5.56 Å². The first-order valence-corrected chi connectivity index (χ1v) is 11.5. The van der Waals surface area contributed by atoms with Crippen molar-refractivity contribution in [2.45, 2.75) is 70.9 Å². The molecule has 1 amide bonds. The highest BCUT2D eigenvalue weighted by Crippen LogP contribution is 2.42. The molecule has 1 heterocycles. The Morgan fingerprint density at radius 2 is 1.90 bits per heavy atom. The summed E-state index contributed by atoms with van der Waals surface area (Å²) in [6.45, 7) is 10.7. The SMILES string of the molecule is CCC1(CC)CC(NC(=O)COc2ccc(C(C)(C)C)cc2Br)c2ccccc2O1. The number of benzene rings is 2. The predicted molar refractivity (Wildman–Crippen MR) is 124 cm³/mol. The maximum atomic E-state index is 12.7. The minimum Gasteiger partial charge on any atom is -0.487 e. The van der Waals surface area contributed by atoms with Crippen LogP contribution >= 0.6 is 15.9 Å². The van der Waals surface area contributed by atoms with E-state index in [0.29, 0.717) is 5.75 Å². The van der Waals surface area contributed by atoms with Gasteiger partial charge in [0.25, 0.3) is 5.91 Å². The molecule has 2 aromatic rings. The molecule has 0 saturated carbocycles. The molecule has 0 fully saturated rings. The second-order valence-electron chi connectivity index (χ2n) is 9.04. The van der Waals surface area contributed by atoms with E-state index in [9.17, 15) is 4.79 Å². The number of nitrogens with one attached hydrogen (secondary N) is 1. The number of carbonyl (C=O) groups is 1. The summed E-state index contributed by atoms with van der Waals surface area (Å²) in [6, 6.07) is 13.9. The molecule has 1 unspecified atom stereocenters. The zero-order valence-electron chi connectivity index (χ0n) is 18.5. The molecule has 162 valence electrons. The molecule has 1 aliphatic rings. The number of carbonyl (C=O) groups excluding carboxylic acids is 1. The fourth-order valence-corrected chi connectivity index (χ4v) is 4.39. The number of rotatable bonds is 6. The van der Waals surface area contributed by atoms with E-state index in [1.54, 1.807) is 0 Å². The number of ether oxygens (including phenoxy) is 2. The van der Waals surface area contributed by atoms with Gasteiger partial charge < -0.3 is 14.8 Å². The normalized spacial score (nSPS) is 17.6. The maximum Gasteiger partial charge on any atom is 0.258 e. The van der Waals surface area contributed by atoms with Crippen molar-refractivity contribution in [3.05, 3.63) is 58.1 Å². The van der Waals surface area contributed by atoms with Crippen molar-refractivity contribution in [1.82, 2.24) is 5.32 Å². The highest BCUT2D eigenvalue weighted by Gasteiger charge is 2.38. The summed E-state index contributed by atoms with van der Waals surface area (Å²) in [5.74, 6) is 1.39. The standard InChI is InChI=1S/C25H32BrNO3/c1-6-25(7-2)15-20(18-10-8-9-11-21(18)30-25)27-23(28)16-29-22-13-12-17(14-19(22)26)24(3,4)5/h8-14,20H,6-7,15-16H2,1-5H3,(H,27,28). The van der Waals surface area contributed by atoms with Gasteiger partial charge in [0.15, 0.2) is 6.61 Å². The van der Waals surface area contributed by atoms with Crippen molar-refractivity contribution in [2.75, 3.05) is 6.61 Å². The van der Waals surface area contributed by atoms with Crippen molar-refractivity contribution in [3.8, 4) is 11.5 Å². The van der Waals surface area contributed by atoms with Gasteiger partial charge in [0.1, 0.15) is 17.1 Å². The molecule has 3 rings (SSSR count). The molecular formula is C25H32BrNO3. The topological polar surface area (TPSA) is 47.6 Å². The van der Waals surface area contributed by atoms with Gasteiger partial charge in [-0.2, -0.15) is 0 Å². The first kappa shape index (κ1) is 22.7. The Labute approximate surface area is 188 Å². The third-order valence-corrected chi connectivity index (χ3v) is 6.60. The molecule has 0 aromatic heterocycles. The Hall–Kier alpha value is -2.01. The van der Waals surface area contributed by atoms with E-state index in [0.717, 1.165) is 35.0 Å². The smallest absolute Gasteiger partial charge is 0.258 e. The number of hydrogen-bond donors (Lipinski definition) is 1. The van der Waals surface area contributed by atoms with E-state index in [1.807, 2.05) is 36.4 Å². The van der Waals surface area contributed by atoms with Gasteiger partial charge >= 0.3 is 0 Å². The number of para-hydroxylation sites is 1. The molecule has 0 aliphatic carbocycles. The molecule has 1 N–H and O–H groups in total. The average molecular weight is 474 g/mol. The Morgan fingerprint density at radius 1 is 1.20 bits per heavy atom. The van der Waals surface area contributed by atoms with Gasteiger partial charge in [0, 0.05) is 12.0 Å². The molecule has 1 atom stereocenters. The summed E-state index contributed by atoms with van der Waals surface area (Å²) in [6.07, 6.45) is 2.55. The predicted octanol–water partition coefficient (Wildman–Crippen LogP) is 6.32. The van der Waals surface area contributed by atoms with Gasteiger partial charge in [-0.1, -0.05) is 58.9 Å². The lowest BCUT2D eigenvalue weighted by molar-refractivity contribution is -0.124. The van der Waals surface area contributed by atoms with Crippen LogP contribution in [0.3, 0.4) is 0 Å². The molecule has 1 aliphatic heterocycles. The van der Waals surface area contributed by atoms with Gasteiger partial charge in [0.05, 0.1) is 10.5 Å². The van der Waals surface area contributed by atoms with Crippen molar-refractivity contribution in [1.29, 1.82) is 0 Å². The van der Waals surface area contributed by atoms with Gasteiger partial charge in [-0.05, 0) is 57.9 Å². The average Bonchev–Trinajstić information content (AvgIpc) is 2.72. The minimum absolute atomic E-state index is 0.0295. The Bertz CT molecular complexity index is 900. The van der Waals surface area contributed by atoms with Crippen molar-refractivity contribution >= 4 is 21.8 Å². The van der Waals surface area contributed by atoms with Gasteiger partial charge in [-0.3, -0.25) is 4.79 Å². The van der Waals surface area contributed by atoms with E-state index >= 15 is 0 Å². The van der Waals surface area contributed by atoms with Crippen LogP contribution in [-0.2, 0) is 10.2 Å². The number of amides is 1. The quantitative estimate of drug-likeness (QED) is 0.533. The lowest BCUT2D eigenvalue weighted by Gasteiger charge is -2.41. The Balaban J connectivity index is 1.69. The summed E-state index contributed by atoms with van der Waals surface area (Å²) in [7, 11) is 0. The number of hydrogen-bond acceptors (Lipinski definition) is 3. The lowest BCUT2D eigenvalue weighted by Crippen LogP contribution is -2.45. The summed E-state index contributed by atoms with van der Waals surface area (Å²) >= 11 is 3.57.